The van der Waals surface area contributed by atoms with Crippen molar-refractivity contribution in [3.8, 4) is 11.5 Å². The van der Waals surface area contributed by atoms with Gasteiger partial charge in [-0.25, -0.2) is 4.79 Å². The van der Waals surface area contributed by atoms with E-state index < -0.39 is 0 Å². The van der Waals surface area contributed by atoms with E-state index in [-0.39, 0.29) is 17.9 Å². The molecule has 1 aliphatic heterocycles. The molecular weight excluding hydrogens is 346 g/mol. The number of nitrogens with one attached hydrogen (secondary N) is 1. The first-order valence-corrected chi connectivity index (χ1v) is 9.69. The van der Waals surface area contributed by atoms with Gasteiger partial charge in [-0.3, -0.25) is 4.79 Å². The maximum atomic E-state index is 12.7. The summed E-state index contributed by atoms with van der Waals surface area (Å²) in [5, 5.41) is 2.89. The molecule has 0 atom stereocenters. The van der Waals surface area contributed by atoms with E-state index in [1.54, 1.807) is 37.3 Å². The third-order valence-corrected chi connectivity index (χ3v) is 5.48. The van der Waals surface area contributed by atoms with Crippen LogP contribution < -0.4 is 14.8 Å². The Hall–Kier alpha value is -2.44. The maximum absolute atomic E-state index is 12.7. The lowest BCUT2D eigenvalue weighted by atomic mass is 9.88. The Balaban J connectivity index is 1.55. The fourth-order valence-corrected chi connectivity index (χ4v) is 3.84. The second-order valence-electron chi connectivity index (χ2n) is 7.14. The van der Waals surface area contributed by atoms with E-state index in [9.17, 15) is 9.59 Å². The Bertz CT molecular complexity index is 665. The molecule has 148 valence electrons. The normalized spacial score (nSPS) is 18.1. The minimum absolute atomic E-state index is 0.181. The third-order valence-electron chi connectivity index (χ3n) is 5.48. The van der Waals surface area contributed by atoms with Crippen molar-refractivity contribution in [2.24, 2.45) is 5.92 Å². The minimum Gasteiger partial charge on any atom is -0.497 e. The van der Waals surface area contributed by atoms with Crippen LogP contribution in [0.25, 0.3) is 0 Å². The molecule has 1 aliphatic carbocycles. The quantitative estimate of drug-likeness (QED) is 0.878. The van der Waals surface area contributed by atoms with Gasteiger partial charge < -0.3 is 24.6 Å². The highest BCUT2D eigenvalue weighted by atomic mass is 16.5. The van der Waals surface area contributed by atoms with Crippen LogP contribution in [0.4, 0.5) is 10.5 Å². The average molecular weight is 375 g/mol. The zero-order chi connectivity index (χ0) is 19.2. The lowest BCUT2D eigenvalue weighted by Crippen LogP contribution is -2.53. The second kappa shape index (κ2) is 8.97. The number of carbonyl (C=O) groups is 2. The van der Waals surface area contributed by atoms with Gasteiger partial charge in [0, 0.05) is 38.2 Å². The van der Waals surface area contributed by atoms with Crippen LogP contribution in [0.3, 0.4) is 0 Å². The summed E-state index contributed by atoms with van der Waals surface area (Å²) in [7, 11) is 3.14. The fraction of sp³-hybridized carbons (Fsp3) is 0.600. The van der Waals surface area contributed by atoms with Crippen molar-refractivity contribution in [2.45, 2.75) is 32.1 Å². The van der Waals surface area contributed by atoms with Crippen LogP contribution in [0.1, 0.15) is 32.1 Å². The molecule has 3 rings (SSSR count). The van der Waals surface area contributed by atoms with Gasteiger partial charge in [0.15, 0.2) is 0 Å². The number of amides is 3. The number of anilines is 1. The lowest BCUT2D eigenvalue weighted by Gasteiger charge is -2.37. The molecule has 0 aromatic heterocycles. The first-order valence-electron chi connectivity index (χ1n) is 9.69. The lowest BCUT2D eigenvalue weighted by molar-refractivity contribution is -0.138. The molecule has 2 fully saturated rings. The van der Waals surface area contributed by atoms with Gasteiger partial charge in [-0.2, -0.15) is 0 Å². The van der Waals surface area contributed by atoms with Crippen molar-refractivity contribution in [1.29, 1.82) is 0 Å². The number of urea groups is 1. The van der Waals surface area contributed by atoms with E-state index in [0.717, 1.165) is 25.7 Å². The van der Waals surface area contributed by atoms with Gasteiger partial charge in [-0.15, -0.1) is 0 Å². The standard InChI is InChI=1S/C20H29N3O4/c1-26-16-8-9-18(27-2)17(14-16)21-20(25)23-12-10-22(11-13-23)19(24)15-6-4-3-5-7-15/h8-9,14-15H,3-7,10-13H2,1-2H3,(H,21,25). The summed E-state index contributed by atoms with van der Waals surface area (Å²) in [6, 6.07) is 5.09. The molecule has 1 N–H and O–H groups in total. The molecule has 2 aliphatic rings. The molecule has 1 saturated carbocycles. The van der Waals surface area contributed by atoms with Crippen LogP contribution >= 0.6 is 0 Å². The SMILES string of the molecule is COc1ccc(OC)c(NC(=O)N2CCN(C(=O)C3CCCCC3)CC2)c1. The number of hydrogen-bond donors (Lipinski definition) is 1. The Kier molecular flexibility index (Phi) is 6.42. The van der Waals surface area contributed by atoms with Crippen LogP contribution in [0, 0.1) is 5.92 Å². The largest absolute Gasteiger partial charge is 0.497 e. The van der Waals surface area contributed by atoms with Crippen molar-refractivity contribution in [3.63, 3.8) is 0 Å². The molecule has 1 aromatic carbocycles. The molecule has 0 radical (unpaired) electrons. The highest BCUT2D eigenvalue weighted by Gasteiger charge is 2.29. The molecule has 0 bridgehead atoms. The Morgan fingerprint density at radius 2 is 1.63 bits per heavy atom. The number of carbonyl (C=O) groups excluding carboxylic acids is 2. The molecule has 0 spiro atoms. The average Bonchev–Trinajstić information content (AvgIpc) is 2.73. The number of benzene rings is 1. The van der Waals surface area contributed by atoms with E-state index in [0.29, 0.717) is 43.4 Å². The van der Waals surface area contributed by atoms with Gasteiger partial charge in [0.2, 0.25) is 5.91 Å². The first kappa shape index (κ1) is 19.3. The monoisotopic (exact) mass is 375 g/mol. The molecule has 1 saturated heterocycles. The van der Waals surface area contributed by atoms with Gasteiger partial charge in [0.25, 0.3) is 0 Å². The van der Waals surface area contributed by atoms with Gasteiger partial charge >= 0.3 is 6.03 Å². The van der Waals surface area contributed by atoms with Crippen molar-refractivity contribution in [1.82, 2.24) is 9.80 Å². The van der Waals surface area contributed by atoms with E-state index in [1.165, 1.54) is 6.42 Å². The highest BCUT2D eigenvalue weighted by Crippen LogP contribution is 2.29. The predicted octanol–water partition coefficient (Wildman–Crippen LogP) is 2.96. The summed E-state index contributed by atoms with van der Waals surface area (Å²) < 4.78 is 10.5. The second-order valence-corrected chi connectivity index (χ2v) is 7.14. The van der Waals surface area contributed by atoms with Crippen LogP contribution in [0.15, 0.2) is 18.2 Å². The Labute approximate surface area is 160 Å². The number of nitrogens with zero attached hydrogens (tertiary/aromatic N) is 2. The summed E-state index contributed by atoms with van der Waals surface area (Å²) in [4.78, 5) is 28.9. The Morgan fingerprint density at radius 1 is 0.963 bits per heavy atom. The van der Waals surface area contributed by atoms with Crippen molar-refractivity contribution in [2.75, 3.05) is 45.7 Å². The van der Waals surface area contributed by atoms with Crippen molar-refractivity contribution < 1.29 is 19.1 Å². The third kappa shape index (κ3) is 4.64. The summed E-state index contributed by atoms with van der Waals surface area (Å²) in [5.74, 6) is 1.67. The molecule has 1 aromatic rings. The van der Waals surface area contributed by atoms with Crippen LogP contribution in [0.5, 0.6) is 11.5 Å². The molecule has 7 heteroatoms. The number of rotatable bonds is 4. The van der Waals surface area contributed by atoms with E-state index in [2.05, 4.69) is 5.32 Å². The van der Waals surface area contributed by atoms with Gasteiger partial charge in [0.1, 0.15) is 11.5 Å². The smallest absolute Gasteiger partial charge is 0.322 e. The topological polar surface area (TPSA) is 71.1 Å². The molecule has 0 unspecified atom stereocenters. The zero-order valence-corrected chi connectivity index (χ0v) is 16.2. The highest BCUT2D eigenvalue weighted by molar-refractivity contribution is 5.91. The molecule has 27 heavy (non-hydrogen) atoms. The minimum atomic E-state index is -0.189. The summed E-state index contributed by atoms with van der Waals surface area (Å²) in [6.07, 6.45) is 5.57. The predicted molar refractivity (Wildman–Crippen MR) is 103 cm³/mol. The van der Waals surface area contributed by atoms with Crippen LogP contribution in [0.2, 0.25) is 0 Å². The van der Waals surface area contributed by atoms with E-state index in [1.807, 2.05) is 4.90 Å². The molecule has 3 amide bonds. The van der Waals surface area contributed by atoms with Crippen molar-refractivity contribution >= 4 is 17.6 Å². The molecule has 1 heterocycles. The van der Waals surface area contributed by atoms with Gasteiger partial charge in [-0.1, -0.05) is 19.3 Å². The van der Waals surface area contributed by atoms with Crippen LogP contribution in [-0.4, -0.2) is 62.1 Å². The number of methoxy groups -OCH3 is 2. The van der Waals surface area contributed by atoms with Gasteiger partial charge in [0.05, 0.1) is 19.9 Å². The van der Waals surface area contributed by atoms with E-state index in [4.69, 9.17) is 9.47 Å². The summed E-state index contributed by atoms with van der Waals surface area (Å²) >= 11 is 0. The number of piperazine rings is 1. The molecular formula is C20H29N3O4. The Morgan fingerprint density at radius 3 is 2.26 bits per heavy atom. The zero-order valence-electron chi connectivity index (χ0n) is 16.2. The number of hydrogen-bond acceptors (Lipinski definition) is 4. The van der Waals surface area contributed by atoms with Crippen LogP contribution in [-0.2, 0) is 4.79 Å². The van der Waals surface area contributed by atoms with Gasteiger partial charge in [-0.05, 0) is 25.0 Å². The first-order chi connectivity index (χ1) is 13.1. The van der Waals surface area contributed by atoms with E-state index >= 15 is 0 Å². The fourth-order valence-electron chi connectivity index (χ4n) is 3.84. The summed E-state index contributed by atoms with van der Waals surface area (Å²) in [6.45, 7) is 2.27. The van der Waals surface area contributed by atoms with Crippen molar-refractivity contribution in [3.05, 3.63) is 18.2 Å². The maximum Gasteiger partial charge on any atom is 0.322 e. The molecule has 7 nitrogen and oxygen atoms in total. The number of ether oxygens (including phenoxy) is 2. The summed E-state index contributed by atoms with van der Waals surface area (Å²) in [5.41, 5.74) is 0.572.